The van der Waals surface area contributed by atoms with Crippen LogP contribution in [0.3, 0.4) is 0 Å². The number of para-hydroxylation sites is 2. The molecule has 92 valence electrons. The third-order valence-corrected chi connectivity index (χ3v) is 4.04. The van der Waals surface area contributed by atoms with Gasteiger partial charge in [-0.05, 0) is 30.5 Å². The number of fused-ring (bicyclic) bond motifs is 1. The van der Waals surface area contributed by atoms with Crippen LogP contribution in [0.1, 0.15) is 23.7 Å². The molecule has 0 spiro atoms. The molecule has 0 aliphatic rings. The number of nitrogens with zero attached hydrogens (tertiary/aromatic N) is 1. The van der Waals surface area contributed by atoms with E-state index in [9.17, 15) is 0 Å². The summed E-state index contributed by atoms with van der Waals surface area (Å²) >= 11 is 1.78. The maximum absolute atomic E-state index is 4.55. The highest BCUT2D eigenvalue weighted by Crippen LogP contribution is 2.18. The van der Waals surface area contributed by atoms with Gasteiger partial charge in [-0.15, -0.1) is 11.3 Å². The van der Waals surface area contributed by atoms with E-state index in [1.165, 1.54) is 4.88 Å². The molecule has 3 nitrogen and oxygen atoms in total. The molecule has 0 amide bonds. The van der Waals surface area contributed by atoms with Gasteiger partial charge in [-0.2, -0.15) is 0 Å². The fourth-order valence-electron chi connectivity index (χ4n) is 1.98. The van der Waals surface area contributed by atoms with E-state index in [-0.39, 0.29) is 0 Å². The Balaban J connectivity index is 1.69. The second-order valence-electron chi connectivity index (χ2n) is 4.32. The number of nitrogens with one attached hydrogen (secondary N) is 2. The number of aromatic nitrogens is 2. The highest BCUT2D eigenvalue weighted by molar-refractivity contribution is 7.10. The van der Waals surface area contributed by atoms with Crippen LogP contribution in [0.5, 0.6) is 0 Å². The smallest absolute Gasteiger partial charge is 0.121 e. The molecule has 1 aromatic carbocycles. The number of rotatable bonds is 4. The van der Waals surface area contributed by atoms with Gasteiger partial charge in [-0.25, -0.2) is 4.98 Å². The molecule has 2 N–H and O–H groups in total. The minimum absolute atomic E-state index is 0.359. The number of H-pyrrole nitrogens is 1. The topological polar surface area (TPSA) is 40.7 Å². The molecule has 2 heterocycles. The third kappa shape index (κ3) is 2.30. The largest absolute Gasteiger partial charge is 0.341 e. The van der Waals surface area contributed by atoms with E-state index in [2.05, 4.69) is 45.8 Å². The van der Waals surface area contributed by atoms with Crippen molar-refractivity contribution in [2.75, 3.05) is 0 Å². The Bertz CT molecular complexity index is 594. The van der Waals surface area contributed by atoms with Gasteiger partial charge in [-0.3, -0.25) is 0 Å². The van der Waals surface area contributed by atoms with Crippen molar-refractivity contribution in [2.45, 2.75) is 19.5 Å². The number of imidazole rings is 1. The van der Waals surface area contributed by atoms with E-state index >= 15 is 0 Å². The first-order valence-electron chi connectivity index (χ1n) is 6.03. The zero-order chi connectivity index (χ0) is 12.4. The summed E-state index contributed by atoms with van der Waals surface area (Å²) in [4.78, 5) is 9.23. The lowest BCUT2D eigenvalue weighted by molar-refractivity contribution is 0.570. The first-order chi connectivity index (χ1) is 8.83. The molecule has 0 aliphatic carbocycles. The molecule has 0 radical (unpaired) electrons. The van der Waals surface area contributed by atoms with Crippen molar-refractivity contribution < 1.29 is 0 Å². The Morgan fingerprint density at radius 3 is 2.94 bits per heavy atom. The van der Waals surface area contributed by atoms with Crippen LogP contribution in [0.25, 0.3) is 11.0 Å². The zero-order valence-electron chi connectivity index (χ0n) is 10.2. The standard InChI is InChI=1S/C14H15N3S/c1-10(13-7-4-8-18-13)15-9-14-16-11-5-2-3-6-12(11)17-14/h2-8,10,15H,9H2,1H3,(H,16,17). The van der Waals surface area contributed by atoms with E-state index in [0.29, 0.717) is 6.04 Å². The van der Waals surface area contributed by atoms with Gasteiger partial charge in [0.05, 0.1) is 17.6 Å². The molecule has 0 saturated heterocycles. The number of aromatic amines is 1. The van der Waals surface area contributed by atoms with Gasteiger partial charge < -0.3 is 10.3 Å². The lowest BCUT2D eigenvalue weighted by Gasteiger charge is -2.10. The van der Waals surface area contributed by atoms with Crippen LogP contribution < -0.4 is 5.32 Å². The molecular weight excluding hydrogens is 242 g/mol. The molecule has 0 bridgehead atoms. The number of thiophene rings is 1. The molecule has 18 heavy (non-hydrogen) atoms. The summed E-state index contributed by atoms with van der Waals surface area (Å²) in [5.41, 5.74) is 2.12. The predicted octanol–water partition coefficient (Wildman–Crippen LogP) is 3.48. The molecule has 4 heteroatoms. The molecule has 0 fully saturated rings. The highest BCUT2D eigenvalue weighted by atomic mass is 32.1. The Morgan fingerprint density at radius 2 is 2.17 bits per heavy atom. The summed E-state index contributed by atoms with van der Waals surface area (Å²) in [6.07, 6.45) is 0. The predicted molar refractivity (Wildman–Crippen MR) is 75.7 cm³/mol. The van der Waals surface area contributed by atoms with Gasteiger partial charge >= 0.3 is 0 Å². The van der Waals surface area contributed by atoms with Crippen molar-refractivity contribution in [1.82, 2.24) is 15.3 Å². The lowest BCUT2D eigenvalue weighted by Crippen LogP contribution is -2.17. The Labute approximate surface area is 110 Å². The minimum atomic E-state index is 0.359. The Morgan fingerprint density at radius 1 is 1.28 bits per heavy atom. The third-order valence-electron chi connectivity index (χ3n) is 2.98. The Kier molecular flexibility index (Phi) is 3.13. The Hall–Kier alpha value is -1.65. The summed E-state index contributed by atoms with van der Waals surface area (Å²) in [6.45, 7) is 2.93. The van der Waals surface area contributed by atoms with E-state index in [1.54, 1.807) is 11.3 Å². The van der Waals surface area contributed by atoms with Crippen LogP contribution in [0.15, 0.2) is 41.8 Å². The summed E-state index contributed by atoms with van der Waals surface area (Å²) in [5.74, 6) is 0.986. The van der Waals surface area contributed by atoms with Gasteiger partial charge in [0.2, 0.25) is 0 Å². The second-order valence-corrected chi connectivity index (χ2v) is 5.30. The molecule has 3 rings (SSSR count). The molecular formula is C14H15N3S. The van der Waals surface area contributed by atoms with Crippen LogP contribution in [0.4, 0.5) is 0 Å². The first kappa shape index (κ1) is 11.4. The number of benzene rings is 1. The molecule has 1 atom stereocenters. The minimum Gasteiger partial charge on any atom is -0.341 e. The van der Waals surface area contributed by atoms with Gasteiger partial charge in [0, 0.05) is 10.9 Å². The van der Waals surface area contributed by atoms with Gasteiger partial charge in [-0.1, -0.05) is 18.2 Å². The van der Waals surface area contributed by atoms with Crippen LogP contribution in [0, 0.1) is 0 Å². The summed E-state index contributed by atoms with van der Waals surface area (Å²) in [5, 5.41) is 5.58. The van der Waals surface area contributed by atoms with Crippen molar-refractivity contribution >= 4 is 22.4 Å². The molecule has 3 aromatic rings. The van der Waals surface area contributed by atoms with Crippen molar-refractivity contribution in [1.29, 1.82) is 0 Å². The first-order valence-corrected chi connectivity index (χ1v) is 6.91. The molecule has 0 saturated carbocycles. The summed E-state index contributed by atoms with van der Waals surface area (Å²) < 4.78 is 0. The van der Waals surface area contributed by atoms with Crippen molar-refractivity contribution in [2.24, 2.45) is 0 Å². The monoisotopic (exact) mass is 257 g/mol. The fraction of sp³-hybridized carbons (Fsp3) is 0.214. The second kappa shape index (κ2) is 4.92. The van der Waals surface area contributed by atoms with Crippen LogP contribution in [0.2, 0.25) is 0 Å². The maximum atomic E-state index is 4.55. The van der Waals surface area contributed by atoms with Crippen molar-refractivity contribution in [3.05, 3.63) is 52.5 Å². The average molecular weight is 257 g/mol. The number of hydrogen-bond donors (Lipinski definition) is 2. The summed E-state index contributed by atoms with van der Waals surface area (Å²) in [6, 6.07) is 12.7. The normalized spacial score (nSPS) is 12.9. The lowest BCUT2D eigenvalue weighted by atomic mass is 10.3. The van der Waals surface area contributed by atoms with E-state index < -0.39 is 0 Å². The maximum Gasteiger partial charge on any atom is 0.121 e. The van der Waals surface area contributed by atoms with E-state index in [1.807, 2.05) is 18.2 Å². The molecule has 1 unspecified atom stereocenters. The fourth-order valence-corrected chi connectivity index (χ4v) is 2.74. The zero-order valence-corrected chi connectivity index (χ0v) is 11.0. The van der Waals surface area contributed by atoms with Crippen LogP contribution >= 0.6 is 11.3 Å². The van der Waals surface area contributed by atoms with Crippen LogP contribution in [-0.2, 0) is 6.54 Å². The van der Waals surface area contributed by atoms with Gasteiger partial charge in [0.15, 0.2) is 0 Å². The highest BCUT2D eigenvalue weighted by Gasteiger charge is 2.07. The summed E-state index contributed by atoms with van der Waals surface area (Å²) in [7, 11) is 0. The quantitative estimate of drug-likeness (QED) is 0.751. The SMILES string of the molecule is CC(NCc1nc2ccccc2[nH]1)c1cccs1. The molecule has 2 aromatic heterocycles. The number of hydrogen-bond acceptors (Lipinski definition) is 3. The van der Waals surface area contributed by atoms with Crippen molar-refractivity contribution in [3.63, 3.8) is 0 Å². The van der Waals surface area contributed by atoms with Gasteiger partial charge in [0.25, 0.3) is 0 Å². The van der Waals surface area contributed by atoms with Crippen molar-refractivity contribution in [3.8, 4) is 0 Å². The van der Waals surface area contributed by atoms with E-state index in [4.69, 9.17) is 0 Å². The van der Waals surface area contributed by atoms with Crippen LogP contribution in [-0.4, -0.2) is 9.97 Å². The molecule has 0 aliphatic heterocycles. The van der Waals surface area contributed by atoms with Gasteiger partial charge in [0.1, 0.15) is 5.82 Å². The average Bonchev–Trinajstić information content (AvgIpc) is 3.04. The van der Waals surface area contributed by atoms with E-state index in [0.717, 1.165) is 23.4 Å².